The average Bonchev–Trinajstić information content (AvgIpc) is 2.37. The van der Waals surface area contributed by atoms with Gasteiger partial charge < -0.3 is 8.85 Å². The largest absolute Gasteiger partial charge is 0.395 e. The maximum atomic E-state index is 5.78. The summed E-state index contributed by atoms with van der Waals surface area (Å²) >= 11 is 0. The third-order valence-corrected chi connectivity index (χ3v) is 5.62. The summed E-state index contributed by atoms with van der Waals surface area (Å²) in [6, 6.07) is 10.9. The number of rotatable bonds is 8. The van der Waals surface area contributed by atoms with Gasteiger partial charge in [-0.25, -0.2) is 0 Å². The molecule has 0 fully saturated rings. The summed E-state index contributed by atoms with van der Waals surface area (Å²) in [6.45, 7) is 7.60. The van der Waals surface area contributed by atoms with Crippen LogP contribution >= 0.6 is 0 Å². The van der Waals surface area contributed by atoms with Gasteiger partial charge in [0.2, 0.25) is 0 Å². The van der Waals surface area contributed by atoms with E-state index in [2.05, 4.69) is 11.5 Å². The molecule has 0 aliphatic heterocycles. The zero-order valence-corrected chi connectivity index (χ0v) is 12.6. The van der Waals surface area contributed by atoms with Crippen LogP contribution in [0.4, 0.5) is 5.69 Å². The molecule has 1 rings (SSSR count). The first-order chi connectivity index (χ1) is 8.70. The maximum absolute atomic E-state index is 5.78. The number of nitrogens with zero attached hydrogens (tertiary/aromatic N) is 1. The standard InChI is InChI=1S/C14H23NO2Si/c1-4-16-18(3,17-5-2)13-9-12-15-14-10-7-6-8-11-14/h6-8,10-12H,4-5,9,13H2,1-3H3. The average molecular weight is 265 g/mol. The Hall–Kier alpha value is -0.973. The van der Waals surface area contributed by atoms with Crippen LogP contribution < -0.4 is 0 Å². The van der Waals surface area contributed by atoms with Crippen LogP contribution in [0.1, 0.15) is 20.3 Å². The predicted molar refractivity (Wildman–Crippen MR) is 78.9 cm³/mol. The van der Waals surface area contributed by atoms with Crippen molar-refractivity contribution in [2.24, 2.45) is 4.99 Å². The van der Waals surface area contributed by atoms with E-state index in [0.29, 0.717) is 0 Å². The van der Waals surface area contributed by atoms with Crippen molar-refractivity contribution < 1.29 is 8.85 Å². The third-order valence-electron chi connectivity index (χ3n) is 2.62. The fraction of sp³-hybridized carbons (Fsp3) is 0.500. The highest BCUT2D eigenvalue weighted by Crippen LogP contribution is 2.16. The summed E-state index contributed by atoms with van der Waals surface area (Å²) in [6.07, 6.45) is 2.86. The molecule has 3 nitrogen and oxygen atoms in total. The molecule has 0 saturated carbocycles. The third kappa shape index (κ3) is 5.58. The second-order valence-electron chi connectivity index (χ2n) is 4.19. The smallest absolute Gasteiger partial charge is 0.335 e. The van der Waals surface area contributed by atoms with Crippen LogP contribution in [0.3, 0.4) is 0 Å². The van der Waals surface area contributed by atoms with Crippen LogP contribution in [0.2, 0.25) is 12.6 Å². The van der Waals surface area contributed by atoms with Gasteiger partial charge in [-0.1, -0.05) is 18.2 Å². The monoisotopic (exact) mass is 265 g/mol. The molecule has 0 radical (unpaired) electrons. The molecule has 4 heteroatoms. The minimum Gasteiger partial charge on any atom is -0.395 e. The van der Waals surface area contributed by atoms with Crippen molar-refractivity contribution in [1.29, 1.82) is 0 Å². The molecule has 1 aromatic carbocycles. The molecule has 0 heterocycles. The van der Waals surface area contributed by atoms with Gasteiger partial charge in [-0.2, -0.15) is 0 Å². The lowest BCUT2D eigenvalue weighted by Crippen LogP contribution is -2.38. The van der Waals surface area contributed by atoms with E-state index in [1.165, 1.54) is 0 Å². The molecular formula is C14H23NO2Si. The molecule has 0 aromatic heterocycles. The highest BCUT2D eigenvalue weighted by Gasteiger charge is 2.29. The van der Waals surface area contributed by atoms with Crippen LogP contribution in [-0.4, -0.2) is 28.0 Å². The lowest BCUT2D eigenvalue weighted by molar-refractivity contribution is 0.189. The second kappa shape index (κ2) is 8.19. The predicted octanol–water partition coefficient (Wildman–Crippen LogP) is 3.92. The molecule has 0 spiro atoms. The Morgan fingerprint density at radius 2 is 1.72 bits per heavy atom. The number of benzene rings is 1. The van der Waals surface area contributed by atoms with Crippen molar-refractivity contribution in [3.63, 3.8) is 0 Å². The molecular weight excluding hydrogens is 242 g/mol. The molecule has 18 heavy (non-hydrogen) atoms. The Bertz CT molecular complexity index is 348. The molecule has 1 aromatic rings. The Labute approximate surface area is 111 Å². The van der Waals surface area contributed by atoms with Crippen molar-refractivity contribution in [3.8, 4) is 0 Å². The molecule has 100 valence electrons. The van der Waals surface area contributed by atoms with Crippen molar-refractivity contribution in [1.82, 2.24) is 0 Å². The van der Waals surface area contributed by atoms with Gasteiger partial charge in [0.05, 0.1) is 5.69 Å². The van der Waals surface area contributed by atoms with Gasteiger partial charge >= 0.3 is 8.56 Å². The number of hydrogen-bond acceptors (Lipinski definition) is 3. The van der Waals surface area contributed by atoms with Crippen molar-refractivity contribution >= 4 is 20.5 Å². The molecule has 0 unspecified atom stereocenters. The van der Waals surface area contributed by atoms with E-state index in [0.717, 1.165) is 31.4 Å². The second-order valence-corrected chi connectivity index (χ2v) is 7.53. The Kier molecular flexibility index (Phi) is 6.86. The molecule has 0 N–H and O–H groups in total. The summed E-state index contributed by atoms with van der Waals surface area (Å²) in [7, 11) is -1.98. The van der Waals surface area contributed by atoms with E-state index in [9.17, 15) is 0 Å². The first-order valence-corrected chi connectivity index (χ1v) is 9.08. The van der Waals surface area contributed by atoms with Crippen molar-refractivity contribution in [2.45, 2.75) is 32.9 Å². The number of aliphatic imine (C=N–C) groups is 1. The normalized spacial score (nSPS) is 12.2. The van der Waals surface area contributed by atoms with Crippen LogP contribution in [0.15, 0.2) is 35.3 Å². The fourth-order valence-corrected chi connectivity index (χ4v) is 4.05. The minimum atomic E-state index is -1.98. The maximum Gasteiger partial charge on any atom is 0.335 e. The lowest BCUT2D eigenvalue weighted by atomic mass is 10.3. The van der Waals surface area contributed by atoms with Gasteiger partial charge in [-0.05, 0) is 45.0 Å². The minimum absolute atomic E-state index is 0.721. The summed E-state index contributed by atoms with van der Waals surface area (Å²) in [4.78, 5) is 4.42. The Balaban J connectivity index is 2.41. The summed E-state index contributed by atoms with van der Waals surface area (Å²) in [5.74, 6) is 0. The fourth-order valence-electron chi connectivity index (χ4n) is 1.81. The van der Waals surface area contributed by atoms with Crippen LogP contribution in [0, 0.1) is 0 Å². The first-order valence-electron chi connectivity index (χ1n) is 6.55. The zero-order valence-electron chi connectivity index (χ0n) is 11.6. The summed E-state index contributed by atoms with van der Waals surface area (Å²) in [5, 5.41) is 0. The van der Waals surface area contributed by atoms with Gasteiger partial charge in [0.15, 0.2) is 0 Å². The van der Waals surface area contributed by atoms with Crippen LogP contribution in [0.5, 0.6) is 0 Å². The number of para-hydroxylation sites is 1. The lowest BCUT2D eigenvalue weighted by Gasteiger charge is -2.25. The van der Waals surface area contributed by atoms with Gasteiger partial charge in [0.25, 0.3) is 0 Å². The molecule has 0 aliphatic rings. The molecule has 0 amide bonds. The zero-order chi connectivity index (χ0) is 13.3. The Morgan fingerprint density at radius 3 is 2.28 bits per heavy atom. The quantitative estimate of drug-likeness (QED) is 0.527. The van der Waals surface area contributed by atoms with Crippen LogP contribution in [-0.2, 0) is 8.85 Å². The van der Waals surface area contributed by atoms with E-state index in [-0.39, 0.29) is 0 Å². The molecule has 0 aliphatic carbocycles. The summed E-state index contributed by atoms with van der Waals surface area (Å²) < 4.78 is 11.6. The van der Waals surface area contributed by atoms with E-state index >= 15 is 0 Å². The van der Waals surface area contributed by atoms with E-state index < -0.39 is 8.56 Å². The van der Waals surface area contributed by atoms with Crippen molar-refractivity contribution in [3.05, 3.63) is 30.3 Å². The Morgan fingerprint density at radius 1 is 1.11 bits per heavy atom. The van der Waals surface area contributed by atoms with Gasteiger partial charge in [-0.3, -0.25) is 4.99 Å². The van der Waals surface area contributed by atoms with Crippen molar-refractivity contribution in [2.75, 3.05) is 13.2 Å². The highest BCUT2D eigenvalue weighted by molar-refractivity contribution is 6.66. The van der Waals surface area contributed by atoms with E-state index in [4.69, 9.17) is 8.85 Å². The van der Waals surface area contributed by atoms with Gasteiger partial charge in [0.1, 0.15) is 0 Å². The SMILES string of the molecule is CCO[Si](C)(CCC=Nc1ccccc1)OCC. The summed E-state index contributed by atoms with van der Waals surface area (Å²) in [5.41, 5.74) is 0.994. The van der Waals surface area contributed by atoms with E-state index in [1.54, 1.807) is 0 Å². The molecule has 0 atom stereocenters. The number of hydrogen-bond donors (Lipinski definition) is 0. The van der Waals surface area contributed by atoms with Gasteiger partial charge in [-0.15, -0.1) is 0 Å². The molecule has 0 saturated heterocycles. The van der Waals surface area contributed by atoms with Gasteiger partial charge in [0, 0.05) is 19.4 Å². The van der Waals surface area contributed by atoms with E-state index in [1.807, 2.05) is 50.4 Å². The first kappa shape index (κ1) is 15.1. The topological polar surface area (TPSA) is 30.8 Å². The van der Waals surface area contributed by atoms with Crippen LogP contribution in [0.25, 0.3) is 0 Å². The molecule has 0 bridgehead atoms. The highest BCUT2D eigenvalue weighted by atomic mass is 28.4.